The average Bonchev–Trinajstić information content (AvgIpc) is 3.31. The highest BCUT2D eigenvalue weighted by molar-refractivity contribution is 7.71. The van der Waals surface area contributed by atoms with Crippen LogP contribution in [0.15, 0.2) is 42.0 Å². The maximum atomic E-state index is 5.78. The van der Waals surface area contributed by atoms with Crippen LogP contribution in [-0.2, 0) is 19.8 Å². The Morgan fingerprint density at radius 2 is 2.08 bits per heavy atom. The van der Waals surface area contributed by atoms with Crippen LogP contribution in [0.1, 0.15) is 31.1 Å². The van der Waals surface area contributed by atoms with Crippen LogP contribution in [0, 0.1) is 4.77 Å². The number of rotatable bonds is 8. The average molecular weight is 386 g/mol. The summed E-state index contributed by atoms with van der Waals surface area (Å²) in [6.45, 7) is 4.76. The summed E-state index contributed by atoms with van der Waals surface area (Å²) < 4.78 is 4.95. The fourth-order valence-corrected chi connectivity index (χ4v) is 4.19. The Bertz CT molecular complexity index is 894. The minimum atomic E-state index is 0.653. The molecule has 0 atom stereocenters. The second-order valence-corrected chi connectivity index (χ2v) is 8.09. The number of pyridine rings is 1. The minimum absolute atomic E-state index is 0.653. The van der Waals surface area contributed by atoms with Crippen molar-refractivity contribution in [3.05, 3.63) is 51.7 Å². The molecule has 136 valence electrons. The van der Waals surface area contributed by atoms with E-state index in [0.717, 1.165) is 42.3 Å². The van der Waals surface area contributed by atoms with Gasteiger partial charge in [-0.1, -0.05) is 13.0 Å². The number of nitrogens with zero attached hydrogens (tertiary/aromatic N) is 5. The van der Waals surface area contributed by atoms with E-state index < -0.39 is 0 Å². The molecule has 5 nitrogen and oxygen atoms in total. The first-order valence-electron chi connectivity index (χ1n) is 9.10. The zero-order valence-corrected chi connectivity index (χ0v) is 16.5. The van der Waals surface area contributed by atoms with E-state index in [1.54, 1.807) is 12.4 Å². The second-order valence-electron chi connectivity index (χ2n) is 6.69. The molecular weight excluding hydrogens is 362 g/mol. The van der Waals surface area contributed by atoms with Crippen LogP contribution in [0.5, 0.6) is 0 Å². The molecule has 0 spiro atoms. The van der Waals surface area contributed by atoms with Gasteiger partial charge in [-0.05, 0) is 55.1 Å². The van der Waals surface area contributed by atoms with Gasteiger partial charge in [0.2, 0.25) is 0 Å². The third kappa shape index (κ3) is 3.79. The van der Waals surface area contributed by atoms with E-state index in [9.17, 15) is 0 Å². The highest BCUT2D eigenvalue weighted by atomic mass is 32.1. The van der Waals surface area contributed by atoms with E-state index in [-0.39, 0.29) is 0 Å². The standard InChI is InChI=1S/C19H23N5S2/c1-2-11-23-18(15-7-9-20-10-8-15)21-24(19(23)25)14-22(16-5-6-16)13-17-4-3-12-26-17/h3-4,7-10,12,16H,2,5-6,11,13-14H2,1H3. The molecule has 1 saturated carbocycles. The first-order valence-corrected chi connectivity index (χ1v) is 10.4. The van der Waals surface area contributed by atoms with Gasteiger partial charge >= 0.3 is 0 Å². The Labute approximate surface area is 162 Å². The van der Waals surface area contributed by atoms with Crippen molar-refractivity contribution in [3.8, 4) is 11.4 Å². The van der Waals surface area contributed by atoms with Gasteiger partial charge in [0.15, 0.2) is 10.6 Å². The van der Waals surface area contributed by atoms with Crippen molar-refractivity contribution < 1.29 is 0 Å². The molecule has 0 N–H and O–H groups in total. The summed E-state index contributed by atoms with van der Waals surface area (Å²) in [7, 11) is 0. The molecule has 3 aromatic heterocycles. The third-order valence-corrected chi connectivity index (χ3v) is 5.92. The fraction of sp³-hybridized carbons (Fsp3) is 0.421. The summed E-state index contributed by atoms with van der Waals surface area (Å²) in [5.41, 5.74) is 1.06. The number of thiophene rings is 1. The van der Waals surface area contributed by atoms with Gasteiger partial charge in [0, 0.05) is 42.0 Å². The van der Waals surface area contributed by atoms with E-state index in [1.807, 2.05) is 28.2 Å². The van der Waals surface area contributed by atoms with Crippen molar-refractivity contribution in [2.75, 3.05) is 0 Å². The van der Waals surface area contributed by atoms with Crippen LogP contribution in [-0.4, -0.2) is 30.3 Å². The minimum Gasteiger partial charge on any atom is -0.300 e. The van der Waals surface area contributed by atoms with Crippen LogP contribution in [0.3, 0.4) is 0 Å². The Kier molecular flexibility index (Phi) is 5.28. The second kappa shape index (κ2) is 7.82. The molecule has 1 aliphatic rings. The quantitative estimate of drug-likeness (QED) is 0.533. The van der Waals surface area contributed by atoms with Crippen molar-refractivity contribution in [1.82, 2.24) is 24.2 Å². The van der Waals surface area contributed by atoms with Gasteiger partial charge < -0.3 is 0 Å². The van der Waals surface area contributed by atoms with Crippen LogP contribution < -0.4 is 0 Å². The largest absolute Gasteiger partial charge is 0.300 e. The van der Waals surface area contributed by atoms with E-state index in [0.29, 0.717) is 6.04 Å². The van der Waals surface area contributed by atoms with E-state index in [1.165, 1.54) is 17.7 Å². The summed E-state index contributed by atoms with van der Waals surface area (Å²) in [5.74, 6) is 0.936. The predicted octanol–water partition coefficient (Wildman–Crippen LogP) is 4.57. The number of hydrogen-bond acceptors (Lipinski definition) is 5. The summed E-state index contributed by atoms with van der Waals surface area (Å²) in [6.07, 6.45) is 7.18. The molecule has 0 amide bonds. The van der Waals surface area contributed by atoms with Crippen molar-refractivity contribution in [1.29, 1.82) is 0 Å². The fourth-order valence-electron chi connectivity index (χ4n) is 3.18. The van der Waals surface area contributed by atoms with Crippen molar-refractivity contribution >= 4 is 23.6 Å². The molecule has 0 aromatic carbocycles. The molecule has 3 aromatic rings. The lowest BCUT2D eigenvalue weighted by molar-refractivity contribution is 0.188. The normalized spacial score (nSPS) is 14.2. The van der Waals surface area contributed by atoms with Gasteiger partial charge in [-0.3, -0.25) is 14.5 Å². The van der Waals surface area contributed by atoms with Crippen molar-refractivity contribution in [3.63, 3.8) is 0 Å². The Hall–Kier alpha value is -1.83. The van der Waals surface area contributed by atoms with E-state index in [4.69, 9.17) is 17.3 Å². The molecule has 1 fully saturated rings. The first-order chi connectivity index (χ1) is 12.8. The molecule has 1 aliphatic carbocycles. The van der Waals surface area contributed by atoms with Gasteiger partial charge in [0.05, 0.1) is 6.67 Å². The lowest BCUT2D eigenvalue weighted by atomic mass is 10.2. The summed E-state index contributed by atoms with van der Waals surface area (Å²) in [5, 5.41) is 7.03. The van der Waals surface area contributed by atoms with Gasteiger partial charge in [-0.25, -0.2) is 4.68 Å². The van der Waals surface area contributed by atoms with E-state index >= 15 is 0 Å². The first kappa shape index (κ1) is 17.6. The molecular formula is C19H23N5S2. The molecule has 0 unspecified atom stereocenters. The molecule has 7 heteroatoms. The topological polar surface area (TPSA) is 38.9 Å². The summed E-state index contributed by atoms with van der Waals surface area (Å²) >= 11 is 7.59. The molecule has 0 radical (unpaired) electrons. The highest BCUT2D eigenvalue weighted by Crippen LogP contribution is 2.30. The van der Waals surface area contributed by atoms with Gasteiger partial charge in [0.1, 0.15) is 0 Å². The Morgan fingerprint density at radius 1 is 1.27 bits per heavy atom. The van der Waals surface area contributed by atoms with Gasteiger partial charge in [0.25, 0.3) is 0 Å². The third-order valence-electron chi connectivity index (χ3n) is 4.63. The molecule has 0 saturated heterocycles. The Morgan fingerprint density at radius 3 is 2.73 bits per heavy atom. The lowest BCUT2D eigenvalue weighted by Crippen LogP contribution is -2.28. The maximum Gasteiger partial charge on any atom is 0.199 e. The SMILES string of the molecule is CCCn1c(-c2ccncc2)nn(CN(Cc2cccs2)C2CC2)c1=S. The van der Waals surface area contributed by atoms with Crippen LogP contribution in [0.2, 0.25) is 0 Å². The van der Waals surface area contributed by atoms with Crippen molar-refractivity contribution in [2.45, 2.75) is 52.0 Å². The number of hydrogen-bond donors (Lipinski definition) is 0. The molecule has 0 bridgehead atoms. The van der Waals surface area contributed by atoms with Crippen LogP contribution in [0.25, 0.3) is 11.4 Å². The molecule has 0 aliphatic heterocycles. The van der Waals surface area contributed by atoms with Crippen LogP contribution in [0.4, 0.5) is 0 Å². The van der Waals surface area contributed by atoms with Crippen LogP contribution >= 0.6 is 23.6 Å². The van der Waals surface area contributed by atoms with Gasteiger partial charge in [-0.15, -0.1) is 11.3 Å². The zero-order valence-electron chi connectivity index (χ0n) is 14.9. The summed E-state index contributed by atoms with van der Waals surface area (Å²) in [6, 6.07) is 8.97. The van der Waals surface area contributed by atoms with Gasteiger partial charge in [-0.2, -0.15) is 5.10 Å². The monoisotopic (exact) mass is 385 g/mol. The zero-order chi connectivity index (χ0) is 17.9. The predicted molar refractivity (Wildman–Crippen MR) is 107 cm³/mol. The number of aromatic nitrogens is 4. The lowest BCUT2D eigenvalue weighted by Gasteiger charge is -2.20. The molecule has 26 heavy (non-hydrogen) atoms. The summed E-state index contributed by atoms with van der Waals surface area (Å²) in [4.78, 5) is 8.02. The molecule has 4 rings (SSSR count). The maximum absolute atomic E-state index is 5.78. The van der Waals surface area contributed by atoms with Crippen molar-refractivity contribution in [2.24, 2.45) is 0 Å². The smallest absolute Gasteiger partial charge is 0.199 e. The Balaban J connectivity index is 1.64. The van der Waals surface area contributed by atoms with E-state index in [2.05, 4.69) is 38.9 Å². The highest BCUT2D eigenvalue weighted by Gasteiger charge is 2.30. The molecule has 3 heterocycles.